The molecule has 0 aromatic carbocycles. The van der Waals surface area contributed by atoms with Crippen LogP contribution in [-0.4, -0.2) is 38.0 Å². The summed E-state index contributed by atoms with van der Waals surface area (Å²) >= 11 is 0. The van der Waals surface area contributed by atoms with Crippen molar-refractivity contribution in [3.8, 4) is 0 Å². The fourth-order valence-corrected chi connectivity index (χ4v) is 2.11. The van der Waals surface area contributed by atoms with Crippen molar-refractivity contribution in [2.45, 2.75) is 19.8 Å². The van der Waals surface area contributed by atoms with Gasteiger partial charge in [0.2, 0.25) is 0 Å². The van der Waals surface area contributed by atoms with Crippen LogP contribution in [0.1, 0.15) is 19.8 Å². The molecular weight excluding hydrogens is 150 g/mol. The zero-order chi connectivity index (χ0) is 9.35. The van der Waals surface area contributed by atoms with E-state index < -0.39 is 0 Å². The summed E-state index contributed by atoms with van der Waals surface area (Å²) in [5, 5.41) is 0. The zero-order valence-corrected chi connectivity index (χ0v) is 8.63. The van der Waals surface area contributed by atoms with Crippen LogP contribution in [0.3, 0.4) is 0 Å². The Labute approximate surface area is 75.1 Å². The van der Waals surface area contributed by atoms with Gasteiger partial charge in [-0.05, 0) is 6.42 Å². The van der Waals surface area contributed by atoms with E-state index in [1.54, 1.807) is 0 Å². The van der Waals surface area contributed by atoms with Crippen LogP contribution < -0.4 is 0 Å². The fraction of sp³-hybridized carbons (Fsp3) is 0.900. The van der Waals surface area contributed by atoms with E-state index in [1.807, 2.05) is 0 Å². The molecule has 2 heteroatoms. The Morgan fingerprint density at radius 2 is 2.00 bits per heavy atom. The quantitative estimate of drug-likeness (QED) is 0.571. The molecule has 1 rings (SSSR count). The van der Waals surface area contributed by atoms with E-state index in [0.29, 0.717) is 17.6 Å². The Kier molecular flexibility index (Phi) is 2.57. The van der Waals surface area contributed by atoms with Crippen LogP contribution in [0.2, 0.25) is 0 Å². The van der Waals surface area contributed by atoms with Gasteiger partial charge in [-0.2, -0.15) is 0 Å². The third-order valence-corrected chi connectivity index (χ3v) is 2.53. The number of carbonyl (C=O) groups is 1. The smallest absolute Gasteiger partial charge is 0.136 e. The van der Waals surface area contributed by atoms with Gasteiger partial charge < -0.3 is 4.48 Å². The normalized spacial score (nSPS) is 31.2. The third-order valence-electron chi connectivity index (χ3n) is 2.53. The summed E-state index contributed by atoms with van der Waals surface area (Å²) in [6.45, 7) is 3.19. The molecule has 0 aromatic heterocycles. The Balaban J connectivity index is 2.43. The van der Waals surface area contributed by atoms with Crippen molar-refractivity contribution >= 4 is 5.78 Å². The van der Waals surface area contributed by atoms with E-state index in [-0.39, 0.29) is 0 Å². The molecule has 1 aliphatic carbocycles. The maximum atomic E-state index is 11.3. The molecule has 0 aliphatic heterocycles. The fourth-order valence-electron chi connectivity index (χ4n) is 2.11. The third kappa shape index (κ3) is 2.59. The molecular formula is C10H20NO+. The Bertz CT molecular complexity index is 181. The molecule has 1 unspecified atom stereocenters. The SMILES string of the molecule is CC1C[C@H](C[N+](C)(C)C)CC1=O. The maximum Gasteiger partial charge on any atom is 0.136 e. The van der Waals surface area contributed by atoms with Crippen molar-refractivity contribution in [3.05, 3.63) is 0 Å². The van der Waals surface area contributed by atoms with Crippen LogP contribution in [0.15, 0.2) is 0 Å². The van der Waals surface area contributed by atoms with E-state index in [2.05, 4.69) is 28.1 Å². The topological polar surface area (TPSA) is 17.1 Å². The first-order valence-electron chi connectivity index (χ1n) is 4.71. The van der Waals surface area contributed by atoms with Gasteiger partial charge in [-0.15, -0.1) is 0 Å². The molecule has 12 heavy (non-hydrogen) atoms. The number of Topliss-reactive ketones (excluding diaryl/α,β-unsaturated/α-hetero) is 1. The van der Waals surface area contributed by atoms with Gasteiger partial charge in [0, 0.05) is 18.3 Å². The number of carbonyl (C=O) groups excluding carboxylic acids is 1. The molecule has 0 amide bonds. The number of hydrogen-bond acceptors (Lipinski definition) is 1. The molecule has 70 valence electrons. The summed E-state index contributed by atoms with van der Waals surface area (Å²) in [6.07, 6.45) is 1.92. The molecule has 1 fully saturated rings. The highest BCUT2D eigenvalue weighted by Gasteiger charge is 2.32. The van der Waals surface area contributed by atoms with E-state index in [4.69, 9.17) is 0 Å². The van der Waals surface area contributed by atoms with Gasteiger partial charge in [-0.25, -0.2) is 0 Å². The van der Waals surface area contributed by atoms with Gasteiger partial charge in [0.1, 0.15) is 5.78 Å². The number of rotatable bonds is 2. The molecule has 0 saturated heterocycles. The van der Waals surface area contributed by atoms with Crippen molar-refractivity contribution in [1.82, 2.24) is 0 Å². The lowest BCUT2D eigenvalue weighted by Crippen LogP contribution is -2.38. The second kappa shape index (κ2) is 3.17. The van der Waals surface area contributed by atoms with Crippen molar-refractivity contribution in [2.24, 2.45) is 11.8 Å². The summed E-state index contributed by atoms with van der Waals surface area (Å²) in [4.78, 5) is 11.3. The van der Waals surface area contributed by atoms with Crippen LogP contribution in [0.4, 0.5) is 0 Å². The summed E-state index contributed by atoms with van der Waals surface area (Å²) in [6, 6.07) is 0. The first-order chi connectivity index (χ1) is 5.38. The Morgan fingerprint density at radius 1 is 1.42 bits per heavy atom. The summed E-state index contributed by atoms with van der Waals surface area (Å²) in [7, 11) is 6.56. The maximum absolute atomic E-state index is 11.3. The van der Waals surface area contributed by atoms with Gasteiger partial charge >= 0.3 is 0 Å². The molecule has 0 bridgehead atoms. The summed E-state index contributed by atoms with van der Waals surface area (Å²) in [5.74, 6) is 1.42. The molecule has 0 heterocycles. The predicted molar refractivity (Wildman–Crippen MR) is 49.8 cm³/mol. The molecule has 2 atom stereocenters. The lowest BCUT2D eigenvalue weighted by Gasteiger charge is -2.26. The minimum absolute atomic E-state index is 0.321. The van der Waals surface area contributed by atoms with Crippen LogP contribution in [0.25, 0.3) is 0 Å². The van der Waals surface area contributed by atoms with Gasteiger partial charge in [0.25, 0.3) is 0 Å². The first-order valence-corrected chi connectivity index (χ1v) is 4.71. The summed E-state index contributed by atoms with van der Waals surface area (Å²) < 4.78 is 0.977. The number of nitrogens with zero attached hydrogens (tertiary/aromatic N) is 1. The second-order valence-corrected chi connectivity index (χ2v) is 5.15. The monoisotopic (exact) mass is 170 g/mol. The van der Waals surface area contributed by atoms with E-state index >= 15 is 0 Å². The van der Waals surface area contributed by atoms with Crippen molar-refractivity contribution in [1.29, 1.82) is 0 Å². The standard InChI is InChI=1S/C10H20NO/c1-8-5-9(6-10(8)12)7-11(2,3)4/h8-9H,5-7H2,1-4H3/q+1/t8?,9-/m0/s1. The molecule has 2 nitrogen and oxygen atoms in total. The van der Waals surface area contributed by atoms with Crippen LogP contribution in [0.5, 0.6) is 0 Å². The minimum atomic E-state index is 0.321. The Hall–Kier alpha value is -0.370. The van der Waals surface area contributed by atoms with Gasteiger partial charge in [-0.1, -0.05) is 6.92 Å². The lowest BCUT2D eigenvalue weighted by atomic mass is 10.1. The van der Waals surface area contributed by atoms with E-state index in [9.17, 15) is 4.79 Å². The van der Waals surface area contributed by atoms with Crippen molar-refractivity contribution in [2.75, 3.05) is 27.7 Å². The molecule has 0 N–H and O–H groups in total. The van der Waals surface area contributed by atoms with Crippen LogP contribution in [0, 0.1) is 11.8 Å². The zero-order valence-electron chi connectivity index (χ0n) is 8.63. The lowest BCUT2D eigenvalue weighted by molar-refractivity contribution is -0.873. The highest BCUT2D eigenvalue weighted by atomic mass is 16.1. The van der Waals surface area contributed by atoms with Gasteiger partial charge in [0.15, 0.2) is 0 Å². The molecule has 0 radical (unpaired) electrons. The second-order valence-electron chi connectivity index (χ2n) is 5.15. The molecule has 1 aliphatic rings. The number of ketones is 1. The van der Waals surface area contributed by atoms with E-state index in [0.717, 1.165) is 23.9 Å². The molecule has 0 aromatic rings. The van der Waals surface area contributed by atoms with E-state index in [1.165, 1.54) is 0 Å². The molecule has 1 saturated carbocycles. The van der Waals surface area contributed by atoms with Gasteiger partial charge in [0.05, 0.1) is 27.7 Å². The van der Waals surface area contributed by atoms with Crippen molar-refractivity contribution in [3.63, 3.8) is 0 Å². The first kappa shape index (κ1) is 9.72. The van der Waals surface area contributed by atoms with Crippen LogP contribution in [-0.2, 0) is 4.79 Å². The van der Waals surface area contributed by atoms with Crippen molar-refractivity contribution < 1.29 is 9.28 Å². The minimum Gasteiger partial charge on any atom is -0.331 e. The highest BCUT2D eigenvalue weighted by molar-refractivity contribution is 5.82. The molecule has 0 spiro atoms. The predicted octanol–water partition coefficient (Wildman–Crippen LogP) is 1.31. The number of hydrogen-bond donors (Lipinski definition) is 0. The van der Waals surface area contributed by atoms with Crippen LogP contribution >= 0.6 is 0 Å². The largest absolute Gasteiger partial charge is 0.331 e. The van der Waals surface area contributed by atoms with Gasteiger partial charge in [-0.3, -0.25) is 4.79 Å². The number of quaternary nitrogens is 1. The summed E-state index contributed by atoms with van der Waals surface area (Å²) in [5.41, 5.74) is 0. The average molecular weight is 170 g/mol. The Morgan fingerprint density at radius 3 is 2.33 bits per heavy atom. The average Bonchev–Trinajstić information content (AvgIpc) is 2.07. The highest BCUT2D eigenvalue weighted by Crippen LogP contribution is 2.28.